The third-order valence-corrected chi connectivity index (χ3v) is 4.43. The molecule has 1 heterocycles. The second-order valence-corrected chi connectivity index (χ2v) is 5.78. The highest BCUT2D eigenvalue weighted by Crippen LogP contribution is 2.36. The number of rotatable bonds is 2. The number of nitrogens with zero attached hydrogens (tertiary/aromatic N) is 1. The third kappa shape index (κ3) is 3.22. The van der Waals surface area contributed by atoms with Crippen molar-refractivity contribution in [1.29, 1.82) is 0 Å². The summed E-state index contributed by atoms with van der Waals surface area (Å²) < 4.78 is 4.92. The summed E-state index contributed by atoms with van der Waals surface area (Å²) in [6.07, 6.45) is 0.911. The maximum absolute atomic E-state index is 11.9. The van der Waals surface area contributed by atoms with Crippen LogP contribution in [0, 0.1) is 5.92 Å². The highest BCUT2D eigenvalue weighted by Gasteiger charge is 2.35. The average Bonchev–Trinajstić information content (AvgIpc) is 2.41. The van der Waals surface area contributed by atoms with Crippen molar-refractivity contribution in [2.45, 2.75) is 12.3 Å². The predicted molar refractivity (Wildman–Crippen MR) is 76.8 cm³/mol. The van der Waals surface area contributed by atoms with E-state index in [2.05, 4.69) is 4.90 Å². The van der Waals surface area contributed by atoms with E-state index in [9.17, 15) is 4.79 Å². The van der Waals surface area contributed by atoms with Gasteiger partial charge < -0.3 is 9.64 Å². The number of carbonyl (C=O) groups excluding carboxylic acids is 1. The van der Waals surface area contributed by atoms with Crippen molar-refractivity contribution in [3.8, 4) is 0 Å². The van der Waals surface area contributed by atoms with Crippen LogP contribution in [0.15, 0.2) is 18.2 Å². The summed E-state index contributed by atoms with van der Waals surface area (Å²) in [5.74, 6) is -0.179. The van der Waals surface area contributed by atoms with E-state index in [1.165, 1.54) is 7.11 Å². The van der Waals surface area contributed by atoms with Crippen molar-refractivity contribution in [3.63, 3.8) is 0 Å². The summed E-state index contributed by atoms with van der Waals surface area (Å²) in [5, 5.41) is 1.06. The molecule has 0 aromatic heterocycles. The molecule has 3 nitrogen and oxygen atoms in total. The van der Waals surface area contributed by atoms with Gasteiger partial charge in [0.05, 0.1) is 23.1 Å². The lowest BCUT2D eigenvalue weighted by Gasteiger charge is -2.35. The molecule has 1 fully saturated rings. The number of methoxy groups -OCH3 is 1. The molecular formula is C14H17Cl2NO2. The Hall–Kier alpha value is -0.770. The summed E-state index contributed by atoms with van der Waals surface area (Å²) in [6.45, 7) is 1.66. The van der Waals surface area contributed by atoms with Gasteiger partial charge in [-0.2, -0.15) is 0 Å². The molecule has 2 atom stereocenters. The molecule has 0 aliphatic carbocycles. The van der Waals surface area contributed by atoms with Crippen molar-refractivity contribution in [1.82, 2.24) is 4.90 Å². The normalized spacial score (nSPS) is 24.2. The van der Waals surface area contributed by atoms with Gasteiger partial charge in [0.1, 0.15) is 0 Å². The summed E-state index contributed by atoms with van der Waals surface area (Å²) in [5.41, 5.74) is 1.05. The Labute approximate surface area is 123 Å². The van der Waals surface area contributed by atoms with E-state index < -0.39 is 0 Å². The zero-order valence-corrected chi connectivity index (χ0v) is 12.5. The van der Waals surface area contributed by atoms with Crippen molar-refractivity contribution < 1.29 is 9.53 Å². The van der Waals surface area contributed by atoms with Crippen LogP contribution in [0.5, 0.6) is 0 Å². The lowest BCUT2D eigenvalue weighted by atomic mass is 9.80. The van der Waals surface area contributed by atoms with Gasteiger partial charge in [-0.3, -0.25) is 4.79 Å². The molecule has 0 N–H and O–H groups in total. The number of carbonyl (C=O) groups is 1. The first-order valence-electron chi connectivity index (χ1n) is 6.24. The van der Waals surface area contributed by atoms with Gasteiger partial charge in [0, 0.05) is 6.54 Å². The van der Waals surface area contributed by atoms with E-state index >= 15 is 0 Å². The maximum atomic E-state index is 11.9. The average molecular weight is 302 g/mol. The molecular weight excluding hydrogens is 285 g/mol. The zero-order valence-electron chi connectivity index (χ0n) is 11.0. The minimum atomic E-state index is -0.164. The van der Waals surface area contributed by atoms with Crippen LogP contribution in [0.3, 0.4) is 0 Å². The number of ether oxygens (including phenoxy) is 1. The molecule has 1 aromatic carbocycles. The minimum absolute atomic E-state index is 0.137. The first kappa shape index (κ1) is 14.6. The fourth-order valence-corrected chi connectivity index (χ4v) is 2.95. The fraction of sp³-hybridized carbons (Fsp3) is 0.500. The molecule has 0 saturated carbocycles. The number of hydrogen-bond acceptors (Lipinski definition) is 3. The van der Waals surface area contributed by atoms with Crippen LogP contribution in [0.2, 0.25) is 10.0 Å². The van der Waals surface area contributed by atoms with Crippen molar-refractivity contribution >= 4 is 29.2 Å². The summed E-state index contributed by atoms with van der Waals surface area (Å²) in [7, 11) is 3.45. The van der Waals surface area contributed by atoms with Gasteiger partial charge in [-0.1, -0.05) is 29.3 Å². The van der Waals surface area contributed by atoms with E-state index in [-0.39, 0.29) is 17.8 Å². The fourth-order valence-electron chi connectivity index (χ4n) is 2.65. The van der Waals surface area contributed by atoms with Crippen LogP contribution < -0.4 is 0 Å². The molecule has 0 unspecified atom stereocenters. The van der Waals surface area contributed by atoms with E-state index in [0.29, 0.717) is 16.6 Å². The van der Waals surface area contributed by atoms with Gasteiger partial charge >= 0.3 is 5.97 Å². The molecule has 5 heteroatoms. The second kappa shape index (κ2) is 6.12. The van der Waals surface area contributed by atoms with Crippen LogP contribution in [0.4, 0.5) is 0 Å². The maximum Gasteiger partial charge on any atom is 0.310 e. The molecule has 1 aliphatic heterocycles. The topological polar surface area (TPSA) is 29.5 Å². The quantitative estimate of drug-likeness (QED) is 0.786. The van der Waals surface area contributed by atoms with Gasteiger partial charge in [-0.15, -0.1) is 0 Å². The Bertz CT molecular complexity index is 479. The van der Waals surface area contributed by atoms with Gasteiger partial charge in [0.15, 0.2) is 0 Å². The molecule has 2 rings (SSSR count). The lowest BCUT2D eigenvalue weighted by molar-refractivity contribution is -0.148. The highest BCUT2D eigenvalue weighted by molar-refractivity contribution is 6.42. The van der Waals surface area contributed by atoms with E-state index in [1.807, 2.05) is 19.2 Å². The Morgan fingerprint density at radius 3 is 2.74 bits per heavy atom. The molecule has 104 valence electrons. The summed E-state index contributed by atoms with van der Waals surface area (Å²) in [4.78, 5) is 14.1. The van der Waals surface area contributed by atoms with Crippen LogP contribution >= 0.6 is 23.2 Å². The molecule has 1 saturated heterocycles. The number of hydrogen-bond donors (Lipinski definition) is 0. The molecule has 1 aromatic rings. The lowest BCUT2D eigenvalue weighted by Crippen LogP contribution is -2.41. The minimum Gasteiger partial charge on any atom is -0.469 e. The molecule has 0 amide bonds. The van der Waals surface area contributed by atoms with Gasteiger partial charge in [0.2, 0.25) is 0 Å². The smallest absolute Gasteiger partial charge is 0.310 e. The highest BCUT2D eigenvalue weighted by atomic mass is 35.5. The Morgan fingerprint density at radius 1 is 1.37 bits per heavy atom. The Balaban J connectivity index is 2.29. The van der Waals surface area contributed by atoms with Crippen LogP contribution in [-0.2, 0) is 9.53 Å². The van der Waals surface area contributed by atoms with Gasteiger partial charge in [0.25, 0.3) is 0 Å². The molecule has 0 bridgehead atoms. The van der Waals surface area contributed by atoms with E-state index in [0.717, 1.165) is 18.5 Å². The number of benzene rings is 1. The monoisotopic (exact) mass is 301 g/mol. The van der Waals surface area contributed by atoms with Gasteiger partial charge in [-0.25, -0.2) is 0 Å². The Kier molecular flexibility index (Phi) is 4.71. The van der Waals surface area contributed by atoms with Crippen molar-refractivity contribution in [2.75, 3.05) is 27.2 Å². The Morgan fingerprint density at radius 2 is 2.11 bits per heavy atom. The first-order chi connectivity index (χ1) is 9.02. The van der Waals surface area contributed by atoms with E-state index in [1.54, 1.807) is 6.07 Å². The summed E-state index contributed by atoms with van der Waals surface area (Å²) >= 11 is 12.0. The van der Waals surface area contributed by atoms with Gasteiger partial charge in [-0.05, 0) is 43.6 Å². The van der Waals surface area contributed by atoms with Crippen LogP contribution in [0.1, 0.15) is 17.9 Å². The predicted octanol–water partition coefficient (Wildman–Crippen LogP) is 3.20. The zero-order chi connectivity index (χ0) is 14.0. The number of halogens is 2. The largest absolute Gasteiger partial charge is 0.469 e. The second-order valence-electron chi connectivity index (χ2n) is 4.96. The summed E-state index contributed by atoms with van der Waals surface area (Å²) in [6, 6.07) is 5.59. The molecule has 0 radical (unpaired) electrons. The molecule has 1 aliphatic rings. The van der Waals surface area contributed by atoms with Crippen molar-refractivity contribution in [3.05, 3.63) is 33.8 Å². The van der Waals surface area contributed by atoms with Crippen LogP contribution in [-0.4, -0.2) is 38.1 Å². The third-order valence-electron chi connectivity index (χ3n) is 3.69. The van der Waals surface area contributed by atoms with Crippen LogP contribution in [0.25, 0.3) is 0 Å². The standard InChI is InChI=1S/C14H17Cl2NO2/c1-17-6-5-10(11(8-17)14(18)19-2)9-3-4-12(15)13(16)7-9/h3-4,7,10-11H,5-6,8H2,1-2H3/t10-,11+/m1/s1. The first-order valence-corrected chi connectivity index (χ1v) is 7.00. The number of esters is 1. The SMILES string of the molecule is COC(=O)[C@H]1CN(C)CC[C@@H]1c1ccc(Cl)c(Cl)c1. The molecule has 19 heavy (non-hydrogen) atoms. The number of piperidine rings is 1. The van der Waals surface area contributed by atoms with Crippen molar-refractivity contribution in [2.24, 2.45) is 5.92 Å². The number of likely N-dealkylation sites (tertiary alicyclic amines) is 1. The molecule has 0 spiro atoms. The van der Waals surface area contributed by atoms with E-state index in [4.69, 9.17) is 27.9 Å².